The second-order valence-electron chi connectivity index (χ2n) is 20.4. The van der Waals surface area contributed by atoms with Crippen LogP contribution in [0.3, 0.4) is 0 Å². The molecule has 0 aromatic heterocycles. The Balaban J connectivity index is 0.00000243. The molecule has 4 fully saturated rings. The van der Waals surface area contributed by atoms with Crippen LogP contribution in [0.25, 0.3) is 0 Å². The third kappa shape index (κ3) is 16.4. The number of cyclic esters (lactones) is 1. The normalized spacial score (nSPS) is 46.4. The molecule has 23 heteroatoms. The fourth-order valence-corrected chi connectivity index (χ4v) is 10.2. The number of likely N-dealkylation sites (N-methyl/N-ethyl adjacent to an activating group) is 2. The van der Waals surface area contributed by atoms with Crippen LogP contribution in [0.4, 0.5) is 0 Å². The van der Waals surface area contributed by atoms with Gasteiger partial charge in [-0.2, -0.15) is 0 Å². The van der Waals surface area contributed by atoms with Gasteiger partial charge in [0.25, 0.3) is 7.82 Å². The Morgan fingerprint density at radius 2 is 1.28 bits per heavy atom. The standard InChI is InChI=1S/C44H80N2O15.K.H3O4P/c1-16-30-44(11,54)37(50)23(4)33(47)21(2)19-43(10,61-31-18-29(46(14)15)34(48)26(7)56-31)39(60-41-35(49)28(45(12)13)17-22(3)55-41)24(5)36(25(6)40(52)58-30)59-32-20-42(9,53)38(51)27(8)57-32;;1-5(2,3)4/h21-32,34-39,41,48-51,53-54H,16-20H2,1-15H3;;(H3,1,2,3,4)/q;+1;/p-1/t21-,22-,23+,24+,25-,26+,27+,28+,29-,30-,31+,32+,34+,35-,36+,37-,38+,39-,41+,42-,43-,44-;;/m1../s1. The van der Waals surface area contributed by atoms with Crippen molar-refractivity contribution in [3.63, 3.8) is 0 Å². The average Bonchev–Trinajstić information content (AvgIpc) is 3.19. The van der Waals surface area contributed by atoms with Crippen molar-refractivity contribution in [3.05, 3.63) is 0 Å². The Bertz CT molecular complexity index is 1620. The second-order valence-corrected chi connectivity index (χ2v) is 21.4. The van der Waals surface area contributed by atoms with E-state index in [1.807, 2.05) is 44.9 Å². The molecule has 0 unspecified atom stereocenters. The van der Waals surface area contributed by atoms with Crippen molar-refractivity contribution >= 4 is 19.6 Å². The topological polar surface area (TPSA) is 307 Å². The van der Waals surface area contributed by atoms with E-state index in [1.54, 1.807) is 48.5 Å². The first-order chi connectivity index (χ1) is 30.1. The number of phosphoric acid groups is 1. The first-order valence-electron chi connectivity index (χ1n) is 23.0. The summed E-state index contributed by atoms with van der Waals surface area (Å²) < 4.78 is 54.4. The SMILES string of the molecule is CC[C@H]1OC(=O)[C@H](C)[C@@H](O[C@H]2C[C@@](C)(O)[C@@H](O)[C@H](C)O2)[C@H](C)[C@@H](O[C@@H]2O[C@H](C)C[C@H](N(C)C)[C@H]2O)[C@](C)(O[C@H]2C[C@@H](N(C)C)[C@@H](O)[C@H](C)O2)C[C@@H](C)C(=O)[C@H](C)[C@@H](O)[C@]1(C)O.O=P([O-])(O)O.[K+]. The largest absolute Gasteiger partial charge is 1.00 e. The number of carbonyl (C=O) groups is 2. The van der Waals surface area contributed by atoms with Gasteiger partial charge in [-0.15, -0.1) is 0 Å². The third-order valence-electron chi connectivity index (χ3n) is 14.1. The minimum absolute atomic E-state index is 0. The van der Waals surface area contributed by atoms with Crippen molar-refractivity contribution in [3.8, 4) is 0 Å². The fourth-order valence-electron chi connectivity index (χ4n) is 10.2. The third-order valence-corrected chi connectivity index (χ3v) is 14.1. The maximum Gasteiger partial charge on any atom is 1.00 e. The monoisotopic (exact) mass is 1010 g/mol. The Morgan fingerprint density at radius 3 is 1.79 bits per heavy atom. The molecule has 0 bridgehead atoms. The van der Waals surface area contributed by atoms with Crippen molar-refractivity contribution in [1.82, 2.24) is 9.80 Å². The molecular weight excluding hydrogens is 931 g/mol. The minimum Gasteiger partial charge on any atom is -0.756 e. The van der Waals surface area contributed by atoms with Gasteiger partial charge in [-0.1, -0.05) is 27.7 Å². The molecular formula is C44H82KN2O19P. The van der Waals surface area contributed by atoms with Gasteiger partial charge in [0.1, 0.15) is 29.7 Å². The van der Waals surface area contributed by atoms with Crippen molar-refractivity contribution in [2.45, 2.75) is 217 Å². The molecule has 0 radical (unpaired) electrons. The van der Waals surface area contributed by atoms with E-state index in [0.29, 0.717) is 6.42 Å². The number of Topliss-reactive ketones (excluding diaryl/α,β-unsaturated/α-hetero) is 1. The Kier molecular flexibility index (Phi) is 24.2. The van der Waals surface area contributed by atoms with E-state index >= 15 is 0 Å². The van der Waals surface area contributed by atoms with Gasteiger partial charge in [-0.05, 0) is 95.9 Å². The number of ether oxygens (including phenoxy) is 7. The molecule has 0 aromatic rings. The summed E-state index contributed by atoms with van der Waals surface area (Å²) in [5.41, 5.74) is -5.21. The Labute approximate surface area is 439 Å². The van der Waals surface area contributed by atoms with Crippen LogP contribution in [0, 0.1) is 23.7 Å². The van der Waals surface area contributed by atoms with Crippen LogP contribution in [0.2, 0.25) is 0 Å². The summed E-state index contributed by atoms with van der Waals surface area (Å²) >= 11 is 0. The van der Waals surface area contributed by atoms with Gasteiger partial charge in [0.05, 0.1) is 59.8 Å². The summed E-state index contributed by atoms with van der Waals surface area (Å²) in [6.07, 6.45) is -13.0. The zero-order valence-corrected chi connectivity index (χ0v) is 46.4. The molecule has 4 heterocycles. The quantitative estimate of drug-likeness (QED) is 0.0650. The molecule has 4 aliphatic heterocycles. The van der Waals surface area contributed by atoms with E-state index in [9.17, 15) is 40.2 Å². The average molecular weight is 1010 g/mol. The first-order valence-corrected chi connectivity index (χ1v) is 24.6. The van der Waals surface area contributed by atoms with E-state index < -0.39 is 134 Å². The molecule has 0 saturated carbocycles. The summed E-state index contributed by atoms with van der Waals surface area (Å²) in [5, 5.41) is 68.6. The molecule has 21 nitrogen and oxygen atoms in total. The van der Waals surface area contributed by atoms with Crippen molar-refractivity contribution < 1.29 is 144 Å². The van der Waals surface area contributed by atoms with Crippen LogP contribution in [-0.2, 0) is 47.3 Å². The minimum atomic E-state index is -4.89. The Hall–Kier alpha value is 0.326. The number of aliphatic hydroxyl groups is 6. The molecule has 0 aliphatic carbocycles. The number of ketones is 1. The number of rotatable bonds is 9. The second kappa shape index (κ2) is 25.5. The molecule has 4 saturated heterocycles. The fraction of sp³-hybridized carbons (Fsp3) is 0.955. The molecule has 22 atom stereocenters. The van der Waals surface area contributed by atoms with Crippen LogP contribution in [-0.4, -0.2) is 199 Å². The van der Waals surface area contributed by atoms with Crippen LogP contribution in [0.5, 0.6) is 0 Å². The molecule has 0 amide bonds. The summed E-state index contributed by atoms with van der Waals surface area (Å²) in [6, 6.07) is -0.742. The summed E-state index contributed by atoms with van der Waals surface area (Å²) in [7, 11) is 2.52. The number of nitrogens with zero attached hydrogens (tertiary/aromatic N) is 2. The van der Waals surface area contributed by atoms with Gasteiger partial charge in [-0.25, -0.2) is 0 Å². The number of esters is 1. The van der Waals surface area contributed by atoms with E-state index in [2.05, 4.69) is 0 Å². The van der Waals surface area contributed by atoms with E-state index in [4.69, 9.17) is 52.4 Å². The predicted molar refractivity (Wildman–Crippen MR) is 235 cm³/mol. The van der Waals surface area contributed by atoms with Gasteiger partial charge in [0, 0.05) is 42.7 Å². The van der Waals surface area contributed by atoms with Gasteiger partial charge < -0.3 is 88.3 Å². The molecule has 67 heavy (non-hydrogen) atoms. The smallest absolute Gasteiger partial charge is 0.756 e. The number of hydrogen-bond acceptors (Lipinski definition) is 19. The van der Waals surface area contributed by atoms with Crippen LogP contribution >= 0.6 is 7.82 Å². The maximum atomic E-state index is 14.5. The summed E-state index contributed by atoms with van der Waals surface area (Å²) in [6.45, 7) is 18.1. The zero-order valence-electron chi connectivity index (χ0n) is 42.4. The van der Waals surface area contributed by atoms with E-state index in [1.165, 1.54) is 20.8 Å². The molecule has 4 rings (SSSR count). The number of aliphatic hydroxyl groups excluding tert-OH is 4. The molecule has 0 aromatic carbocycles. The summed E-state index contributed by atoms with van der Waals surface area (Å²) in [5.74, 6) is -5.17. The van der Waals surface area contributed by atoms with Gasteiger partial charge in [0.15, 0.2) is 18.9 Å². The van der Waals surface area contributed by atoms with Crippen molar-refractivity contribution in [1.29, 1.82) is 0 Å². The van der Waals surface area contributed by atoms with Gasteiger partial charge >= 0.3 is 57.4 Å². The first kappa shape index (κ1) is 63.4. The van der Waals surface area contributed by atoms with E-state index in [0.717, 1.165) is 0 Å². The predicted octanol–water partition coefficient (Wildman–Crippen LogP) is -2.97. The van der Waals surface area contributed by atoms with Crippen LogP contribution < -0.4 is 56.3 Å². The van der Waals surface area contributed by atoms with E-state index in [-0.39, 0.29) is 95.3 Å². The zero-order chi connectivity index (χ0) is 50.8. The summed E-state index contributed by atoms with van der Waals surface area (Å²) in [4.78, 5) is 55.6. The number of hydrogen-bond donors (Lipinski definition) is 8. The van der Waals surface area contributed by atoms with Crippen molar-refractivity contribution in [2.75, 3.05) is 28.2 Å². The molecule has 8 N–H and O–H groups in total. The molecule has 4 aliphatic rings. The maximum absolute atomic E-state index is 14.5. The van der Waals surface area contributed by atoms with Gasteiger partial charge in [-0.3, -0.25) is 14.2 Å². The van der Waals surface area contributed by atoms with Crippen LogP contribution in [0.1, 0.15) is 108 Å². The number of carbonyl (C=O) groups excluding carboxylic acids is 2. The van der Waals surface area contributed by atoms with Crippen molar-refractivity contribution in [2.24, 2.45) is 23.7 Å². The van der Waals surface area contributed by atoms with Crippen LogP contribution in [0.15, 0.2) is 0 Å². The van der Waals surface area contributed by atoms with Gasteiger partial charge in [0.2, 0.25) is 0 Å². The molecule has 0 spiro atoms. The molecule has 388 valence electrons. The Morgan fingerprint density at radius 1 is 0.761 bits per heavy atom.